The molecule has 1 aromatic heterocycles. The number of thiophene rings is 1. The molecule has 0 saturated carbocycles. The van der Waals surface area contributed by atoms with Gasteiger partial charge in [-0.3, -0.25) is 4.79 Å². The summed E-state index contributed by atoms with van der Waals surface area (Å²) in [5, 5.41) is 11.5. The molecular weight excluding hydrogens is 286 g/mol. The molecule has 1 atom stereocenters. The monoisotopic (exact) mass is 309 g/mol. The molecule has 0 radical (unpaired) electrons. The van der Waals surface area contributed by atoms with E-state index in [9.17, 15) is 9.59 Å². The number of nitrogens with one attached hydrogen (secondary N) is 1. The fraction of sp³-hybridized carbons (Fsp3) is 0.500. The van der Waals surface area contributed by atoms with E-state index in [0.717, 1.165) is 23.8 Å². The molecule has 1 aromatic rings. The average molecular weight is 309 g/mol. The lowest BCUT2D eigenvalue weighted by molar-refractivity contribution is -0.131. The van der Waals surface area contributed by atoms with Gasteiger partial charge in [-0.25, -0.2) is 4.79 Å². The first kappa shape index (κ1) is 17.4. The highest BCUT2D eigenvalue weighted by atomic mass is 32.1. The molecule has 21 heavy (non-hydrogen) atoms. The fourth-order valence-electron chi connectivity index (χ4n) is 1.92. The molecule has 1 amide bonds. The number of carbonyl (C=O) groups is 2. The second kappa shape index (κ2) is 8.62. The summed E-state index contributed by atoms with van der Waals surface area (Å²) in [4.78, 5) is 23.9. The van der Waals surface area contributed by atoms with E-state index in [4.69, 9.17) is 5.11 Å². The summed E-state index contributed by atoms with van der Waals surface area (Å²) in [5.41, 5.74) is 0. The molecule has 0 fully saturated rings. The standard InChI is InChI=1S/C16H23NO3S/c1-11(2)5-4-6-12(3)17-16(20)14-9-7-13(21-14)8-10-15(18)19/h7-12H,4-6H2,1-3H3,(H,17,20)(H,18,19). The van der Waals surface area contributed by atoms with Gasteiger partial charge in [0.15, 0.2) is 0 Å². The second-order valence-electron chi connectivity index (χ2n) is 5.57. The molecule has 1 rings (SSSR count). The molecular formula is C16H23NO3S. The summed E-state index contributed by atoms with van der Waals surface area (Å²) >= 11 is 1.29. The average Bonchev–Trinajstić information content (AvgIpc) is 2.84. The van der Waals surface area contributed by atoms with E-state index in [1.165, 1.54) is 23.8 Å². The van der Waals surface area contributed by atoms with Crippen molar-refractivity contribution in [1.29, 1.82) is 0 Å². The lowest BCUT2D eigenvalue weighted by Crippen LogP contribution is -2.31. The Balaban J connectivity index is 2.46. The van der Waals surface area contributed by atoms with Gasteiger partial charge in [0, 0.05) is 17.0 Å². The number of amides is 1. The van der Waals surface area contributed by atoms with Crippen LogP contribution in [0.15, 0.2) is 18.2 Å². The maximum absolute atomic E-state index is 12.1. The number of carboxylic acid groups (broad SMARTS) is 1. The SMILES string of the molecule is CC(C)CCCC(C)NC(=O)c1ccc(C=CC(=O)O)s1. The van der Waals surface area contributed by atoms with Crippen molar-refractivity contribution in [3.63, 3.8) is 0 Å². The van der Waals surface area contributed by atoms with Crippen LogP contribution in [0, 0.1) is 5.92 Å². The van der Waals surface area contributed by atoms with Crippen LogP contribution in [-0.4, -0.2) is 23.0 Å². The molecule has 5 heteroatoms. The topological polar surface area (TPSA) is 66.4 Å². The summed E-state index contributed by atoms with van der Waals surface area (Å²) in [7, 11) is 0. The summed E-state index contributed by atoms with van der Waals surface area (Å²) in [6, 6.07) is 3.63. The highest BCUT2D eigenvalue weighted by Crippen LogP contribution is 2.18. The van der Waals surface area contributed by atoms with Crippen molar-refractivity contribution in [1.82, 2.24) is 5.32 Å². The zero-order chi connectivity index (χ0) is 15.8. The smallest absolute Gasteiger partial charge is 0.328 e. The molecule has 0 spiro atoms. The Morgan fingerprint density at radius 3 is 2.62 bits per heavy atom. The Kier molecular flexibility index (Phi) is 7.15. The minimum atomic E-state index is -0.992. The van der Waals surface area contributed by atoms with Crippen LogP contribution in [0.5, 0.6) is 0 Å². The third kappa shape index (κ3) is 7.09. The van der Waals surface area contributed by atoms with Gasteiger partial charge in [0.05, 0.1) is 4.88 Å². The van der Waals surface area contributed by atoms with Crippen molar-refractivity contribution in [3.05, 3.63) is 28.0 Å². The predicted octanol–water partition coefficient (Wildman–Crippen LogP) is 3.79. The lowest BCUT2D eigenvalue weighted by Gasteiger charge is -2.13. The van der Waals surface area contributed by atoms with E-state index in [1.807, 2.05) is 6.92 Å². The molecule has 0 aromatic carbocycles. The summed E-state index contributed by atoms with van der Waals surface area (Å²) in [6.07, 6.45) is 5.82. The van der Waals surface area contributed by atoms with Crippen LogP contribution >= 0.6 is 11.3 Å². The van der Waals surface area contributed by atoms with Crippen LogP contribution in [0.4, 0.5) is 0 Å². The minimum Gasteiger partial charge on any atom is -0.478 e. The fourth-order valence-corrected chi connectivity index (χ4v) is 2.73. The van der Waals surface area contributed by atoms with Crippen molar-refractivity contribution in [3.8, 4) is 0 Å². The summed E-state index contributed by atoms with van der Waals surface area (Å²) in [6.45, 7) is 6.40. The van der Waals surface area contributed by atoms with E-state index < -0.39 is 5.97 Å². The summed E-state index contributed by atoms with van der Waals surface area (Å²) in [5.74, 6) is -0.394. The van der Waals surface area contributed by atoms with Gasteiger partial charge in [0.2, 0.25) is 0 Å². The Labute approximate surface area is 129 Å². The third-order valence-corrected chi connectivity index (χ3v) is 4.09. The van der Waals surface area contributed by atoms with Gasteiger partial charge in [0.1, 0.15) is 0 Å². The van der Waals surface area contributed by atoms with Gasteiger partial charge in [-0.2, -0.15) is 0 Å². The maximum atomic E-state index is 12.1. The Bertz CT molecular complexity index is 505. The number of carboxylic acids is 1. The Morgan fingerprint density at radius 2 is 2.00 bits per heavy atom. The molecule has 116 valence electrons. The molecule has 0 bridgehead atoms. The molecule has 1 unspecified atom stereocenters. The first-order valence-corrected chi connectivity index (χ1v) is 8.02. The molecule has 0 saturated heterocycles. The van der Waals surface area contributed by atoms with E-state index >= 15 is 0 Å². The highest BCUT2D eigenvalue weighted by Gasteiger charge is 2.11. The molecule has 4 nitrogen and oxygen atoms in total. The quantitative estimate of drug-likeness (QED) is 0.718. The second-order valence-corrected chi connectivity index (χ2v) is 6.69. The van der Waals surface area contributed by atoms with E-state index in [-0.39, 0.29) is 11.9 Å². The number of aliphatic carboxylic acids is 1. The summed E-state index contributed by atoms with van der Waals surface area (Å²) < 4.78 is 0. The van der Waals surface area contributed by atoms with Crippen LogP contribution in [-0.2, 0) is 4.79 Å². The molecule has 1 heterocycles. The zero-order valence-electron chi connectivity index (χ0n) is 12.8. The van der Waals surface area contributed by atoms with Crippen molar-refractivity contribution in [2.24, 2.45) is 5.92 Å². The van der Waals surface area contributed by atoms with E-state index in [0.29, 0.717) is 10.8 Å². The van der Waals surface area contributed by atoms with E-state index in [1.54, 1.807) is 12.1 Å². The first-order chi connectivity index (χ1) is 9.88. The predicted molar refractivity (Wildman–Crippen MR) is 86.6 cm³/mol. The van der Waals surface area contributed by atoms with Gasteiger partial charge in [-0.15, -0.1) is 11.3 Å². The van der Waals surface area contributed by atoms with Crippen LogP contribution < -0.4 is 5.32 Å². The van der Waals surface area contributed by atoms with Gasteiger partial charge in [-0.05, 0) is 37.5 Å². The number of rotatable bonds is 8. The van der Waals surface area contributed by atoms with Crippen molar-refractivity contribution in [2.45, 2.75) is 46.1 Å². The number of hydrogen-bond donors (Lipinski definition) is 2. The Morgan fingerprint density at radius 1 is 1.29 bits per heavy atom. The first-order valence-electron chi connectivity index (χ1n) is 7.20. The van der Waals surface area contributed by atoms with Crippen LogP contribution in [0.1, 0.15) is 54.6 Å². The van der Waals surface area contributed by atoms with Crippen molar-refractivity contribution in [2.75, 3.05) is 0 Å². The zero-order valence-corrected chi connectivity index (χ0v) is 13.6. The van der Waals surface area contributed by atoms with Crippen LogP contribution in [0.25, 0.3) is 6.08 Å². The van der Waals surface area contributed by atoms with Crippen LogP contribution in [0.3, 0.4) is 0 Å². The third-order valence-electron chi connectivity index (χ3n) is 3.04. The van der Waals surface area contributed by atoms with Gasteiger partial charge >= 0.3 is 5.97 Å². The minimum absolute atomic E-state index is 0.0907. The van der Waals surface area contributed by atoms with Gasteiger partial charge < -0.3 is 10.4 Å². The van der Waals surface area contributed by atoms with Gasteiger partial charge in [0.25, 0.3) is 5.91 Å². The number of hydrogen-bond acceptors (Lipinski definition) is 3. The van der Waals surface area contributed by atoms with Crippen LogP contribution in [0.2, 0.25) is 0 Å². The van der Waals surface area contributed by atoms with Crippen molar-refractivity contribution >= 4 is 29.3 Å². The molecule has 2 N–H and O–H groups in total. The molecule has 0 aliphatic rings. The van der Waals surface area contributed by atoms with E-state index in [2.05, 4.69) is 19.2 Å². The number of carbonyl (C=O) groups excluding carboxylic acids is 1. The van der Waals surface area contributed by atoms with Crippen molar-refractivity contribution < 1.29 is 14.7 Å². The molecule has 0 aliphatic heterocycles. The van der Waals surface area contributed by atoms with Gasteiger partial charge in [-0.1, -0.05) is 26.7 Å². The normalized spacial score (nSPS) is 12.8. The lowest BCUT2D eigenvalue weighted by atomic mass is 10.0. The maximum Gasteiger partial charge on any atom is 0.328 e. The highest BCUT2D eigenvalue weighted by molar-refractivity contribution is 7.14. The largest absolute Gasteiger partial charge is 0.478 e. The molecule has 0 aliphatic carbocycles. The Hall–Kier alpha value is -1.62.